The molecule has 0 bridgehead atoms. The molecule has 0 saturated carbocycles. The van der Waals surface area contributed by atoms with Crippen LogP contribution in [0.3, 0.4) is 0 Å². The van der Waals surface area contributed by atoms with Crippen LogP contribution in [0, 0.1) is 13.8 Å². The van der Waals surface area contributed by atoms with Gasteiger partial charge >= 0.3 is 0 Å². The van der Waals surface area contributed by atoms with Gasteiger partial charge in [0.25, 0.3) is 0 Å². The minimum absolute atomic E-state index is 0.234. The lowest BCUT2D eigenvalue weighted by Crippen LogP contribution is -2.21. The molecule has 2 atom stereocenters. The number of hydrogen-bond acceptors (Lipinski definition) is 3. The molecule has 0 aliphatic rings. The Balaban J connectivity index is 2.89. The second-order valence-corrected chi connectivity index (χ2v) is 4.44. The first-order chi connectivity index (χ1) is 5.52. The fourth-order valence-corrected chi connectivity index (χ4v) is 2.15. The maximum atomic E-state index is 9.26. The van der Waals surface area contributed by atoms with E-state index in [1.165, 1.54) is 10.4 Å². The fraction of sp³-hybridized carbons (Fsp3) is 0.556. The van der Waals surface area contributed by atoms with Gasteiger partial charge in [0.05, 0.1) is 12.1 Å². The zero-order chi connectivity index (χ0) is 9.30. The first kappa shape index (κ1) is 9.71. The third-order valence-corrected chi connectivity index (χ3v) is 3.29. The van der Waals surface area contributed by atoms with Crippen molar-refractivity contribution in [3.8, 4) is 0 Å². The van der Waals surface area contributed by atoms with Crippen LogP contribution in [0.15, 0.2) is 6.07 Å². The quantitative estimate of drug-likeness (QED) is 0.737. The first-order valence-electron chi connectivity index (χ1n) is 4.03. The second-order valence-electron chi connectivity index (χ2n) is 3.15. The normalized spacial score (nSPS) is 16.1. The SMILES string of the molecule is Cc1cc([C@@H](N)[C@@H](C)O)sc1C. The molecule has 3 heteroatoms. The van der Waals surface area contributed by atoms with Crippen LogP contribution in [0.1, 0.15) is 28.3 Å². The highest BCUT2D eigenvalue weighted by Gasteiger charge is 2.14. The molecule has 0 spiro atoms. The summed E-state index contributed by atoms with van der Waals surface area (Å²) >= 11 is 1.67. The molecule has 0 fully saturated rings. The largest absolute Gasteiger partial charge is 0.391 e. The lowest BCUT2D eigenvalue weighted by Gasteiger charge is -2.11. The molecule has 0 aliphatic carbocycles. The molecule has 0 aromatic carbocycles. The molecular weight excluding hydrogens is 170 g/mol. The highest BCUT2D eigenvalue weighted by molar-refractivity contribution is 7.12. The lowest BCUT2D eigenvalue weighted by atomic mass is 10.1. The van der Waals surface area contributed by atoms with Crippen LogP contribution in [-0.2, 0) is 0 Å². The molecule has 1 aromatic rings. The number of nitrogens with two attached hydrogens (primary N) is 1. The van der Waals surface area contributed by atoms with Gasteiger partial charge in [-0.3, -0.25) is 0 Å². The monoisotopic (exact) mass is 185 g/mol. The summed E-state index contributed by atoms with van der Waals surface area (Å²) < 4.78 is 0. The fourth-order valence-electron chi connectivity index (χ4n) is 1.00. The van der Waals surface area contributed by atoms with E-state index in [1.807, 2.05) is 0 Å². The highest BCUT2D eigenvalue weighted by Crippen LogP contribution is 2.26. The Morgan fingerprint density at radius 3 is 2.42 bits per heavy atom. The molecule has 68 valence electrons. The Hall–Kier alpha value is -0.380. The Kier molecular flexibility index (Phi) is 2.88. The van der Waals surface area contributed by atoms with E-state index in [9.17, 15) is 5.11 Å². The van der Waals surface area contributed by atoms with E-state index in [4.69, 9.17) is 5.73 Å². The number of rotatable bonds is 2. The molecule has 2 nitrogen and oxygen atoms in total. The van der Waals surface area contributed by atoms with Gasteiger partial charge in [0, 0.05) is 9.75 Å². The summed E-state index contributed by atoms with van der Waals surface area (Å²) in [6.45, 7) is 5.84. The van der Waals surface area contributed by atoms with E-state index >= 15 is 0 Å². The maximum absolute atomic E-state index is 9.26. The standard InChI is InChI=1S/C9H15NOS/c1-5-4-8(12-7(5)3)9(10)6(2)11/h4,6,9,11H,10H2,1-3H3/t6-,9+/m1/s1. The summed E-state index contributed by atoms with van der Waals surface area (Å²) in [5.41, 5.74) is 7.04. The molecule has 0 unspecified atom stereocenters. The summed E-state index contributed by atoms with van der Waals surface area (Å²) in [5, 5.41) is 9.26. The van der Waals surface area contributed by atoms with Gasteiger partial charge in [-0.15, -0.1) is 11.3 Å². The van der Waals surface area contributed by atoms with Gasteiger partial charge in [0.2, 0.25) is 0 Å². The lowest BCUT2D eigenvalue weighted by molar-refractivity contribution is 0.165. The summed E-state index contributed by atoms with van der Waals surface area (Å²) in [6.07, 6.45) is -0.470. The van der Waals surface area contributed by atoms with Crippen LogP contribution in [0.4, 0.5) is 0 Å². The van der Waals surface area contributed by atoms with Gasteiger partial charge in [-0.2, -0.15) is 0 Å². The van der Waals surface area contributed by atoms with Crippen LogP contribution in [-0.4, -0.2) is 11.2 Å². The molecule has 12 heavy (non-hydrogen) atoms. The van der Waals surface area contributed by atoms with Gasteiger partial charge in [-0.1, -0.05) is 0 Å². The minimum Gasteiger partial charge on any atom is -0.391 e. The number of aliphatic hydroxyl groups is 1. The molecule has 1 heterocycles. The van der Waals surface area contributed by atoms with E-state index in [2.05, 4.69) is 19.9 Å². The van der Waals surface area contributed by atoms with Crippen molar-refractivity contribution in [1.29, 1.82) is 0 Å². The van der Waals surface area contributed by atoms with Crippen molar-refractivity contribution in [3.05, 3.63) is 21.4 Å². The predicted molar refractivity (Wildman–Crippen MR) is 52.4 cm³/mol. The van der Waals surface area contributed by atoms with E-state index in [1.54, 1.807) is 18.3 Å². The van der Waals surface area contributed by atoms with Crippen LogP contribution in [0.2, 0.25) is 0 Å². The van der Waals surface area contributed by atoms with Gasteiger partial charge in [0.1, 0.15) is 0 Å². The van der Waals surface area contributed by atoms with Crippen molar-refractivity contribution >= 4 is 11.3 Å². The Labute approximate surface area is 77.0 Å². The van der Waals surface area contributed by atoms with E-state index in [0.717, 1.165) is 4.88 Å². The van der Waals surface area contributed by atoms with E-state index in [-0.39, 0.29) is 6.04 Å². The van der Waals surface area contributed by atoms with Crippen LogP contribution >= 0.6 is 11.3 Å². The number of thiophene rings is 1. The third kappa shape index (κ3) is 1.86. The maximum Gasteiger partial charge on any atom is 0.0712 e. The molecule has 3 N–H and O–H groups in total. The van der Waals surface area contributed by atoms with Crippen LogP contribution in [0.25, 0.3) is 0 Å². The van der Waals surface area contributed by atoms with Crippen molar-refractivity contribution in [2.24, 2.45) is 5.73 Å². The summed E-state index contributed by atoms with van der Waals surface area (Å²) in [5.74, 6) is 0. The average molecular weight is 185 g/mol. The van der Waals surface area contributed by atoms with E-state index in [0.29, 0.717) is 0 Å². The molecule has 0 radical (unpaired) electrons. The minimum atomic E-state index is -0.470. The van der Waals surface area contributed by atoms with Crippen molar-refractivity contribution in [2.45, 2.75) is 32.9 Å². The average Bonchev–Trinajstić information content (AvgIpc) is 2.30. The molecule has 1 aromatic heterocycles. The molecular formula is C9H15NOS. The number of aliphatic hydroxyl groups excluding tert-OH is 1. The van der Waals surface area contributed by atoms with Crippen molar-refractivity contribution < 1.29 is 5.11 Å². The van der Waals surface area contributed by atoms with Crippen molar-refractivity contribution in [2.75, 3.05) is 0 Å². The van der Waals surface area contributed by atoms with Gasteiger partial charge in [-0.05, 0) is 32.4 Å². The number of hydrogen-bond donors (Lipinski definition) is 2. The zero-order valence-corrected chi connectivity index (χ0v) is 8.48. The third-order valence-electron chi connectivity index (χ3n) is 2.03. The summed E-state index contributed by atoms with van der Waals surface area (Å²) in [4.78, 5) is 2.35. The smallest absolute Gasteiger partial charge is 0.0712 e. The van der Waals surface area contributed by atoms with Crippen molar-refractivity contribution in [1.82, 2.24) is 0 Å². The predicted octanol–water partition coefficient (Wildman–Crippen LogP) is 1.75. The topological polar surface area (TPSA) is 46.2 Å². The van der Waals surface area contributed by atoms with Crippen LogP contribution in [0.5, 0.6) is 0 Å². The van der Waals surface area contributed by atoms with Crippen LogP contribution < -0.4 is 5.73 Å². The van der Waals surface area contributed by atoms with Gasteiger partial charge < -0.3 is 10.8 Å². The molecule has 0 aliphatic heterocycles. The highest BCUT2D eigenvalue weighted by atomic mass is 32.1. The molecule has 0 saturated heterocycles. The Morgan fingerprint density at radius 2 is 2.08 bits per heavy atom. The zero-order valence-electron chi connectivity index (χ0n) is 7.66. The van der Waals surface area contributed by atoms with Crippen molar-refractivity contribution in [3.63, 3.8) is 0 Å². The van der Waals surface area contributed by atoms with E-state index < -0.39 is 6.10 Å². The Morgan fingerprint density at radius 1 is 1.50 bits per heavy atom. The summed E-state index contributed by atoms with van der Waals surface area (Å²) in [7, 11) is 0. The summed E-state index contributed by atoms with van der Waals surface area (Å²) in [6, 6.07) is 1.82. The van der Waals surface area contributed by atoms with Gasteiger partial charge in [-0.25, -0.2) is 0 Å². The van der Waals surface area contributed by atoms with Gasteiger partial charge in [0.15, 0.2) is 0 Å². The first-order valence-corrected chi connectivity index (χ1v) is 4.84. The second kappa shape index (κ2) is 3.56. The Bertz CT molecular complexity index is 248. The molecule has 0 amide bonds. The molecule has 1 rings (SSSR count). The number of aryl methyl sites for hydroxylation is 2.